The molecule has 2 aliphatic carbocycles. The molecule has 0 saturated heterocycles. The Balaban J connectivity index is 1.27. The van der Waals surface area contributed by atoms with Gasteiger partial charge in [-0.25, -0.2) is 4.98 Å². The molecule has 36 heavy (non-hydrogen) atoms. The second-order valence-electron chi connectivity index (χ2n) is 10.5. The molecule has 188 valence electrons. The van der Waals surface area contributed by atoms with Gasteiger partial charge in [-0.3, -0.25) is 4.79 Å². The van der Waals surface area contributed by atoms with Crippen LogP contribution >= 0.6 is 23.2 Å². The first-order chi connectivity index (χ1) is 17.5. The number of imidazole rings is 1. The van der Waals surface area contributed by atoms with Gasteiger partial charge < -0.3 is 14.2 Å². The standard InChI is InChI=1S/C29H31Cl2N3O2/c30-24-10-8-20(13-25(24)31)14-29(35)34(16-19-6-7-19)17-22-15-21(9-11-27(22)36-23-3-1-4-23)26-18-33-12-2-5-28(33)32-26/h8-11,13,15,18-19,23H,1-7,12,14,16-17H2. The minimum atomic E-state index is 0.0984. The number of hydrogen-bond donors (Lipinski definition) is 0. The Morgan fingerprint density at radius 2 is 1.92 bits per heavy atom. The summed E-state index contributed by atoms with van der Waals surface area (Å²) in [5.74, 6) is 2.73. The molecular formula is C29H31Cl2N3O2. The van der Waals surface area contributed by atoms with Crippen LogP contribution in [-0.4, -0.2) is 33.0 Å². The highest BCUT2D eigenvalue weighted by atomic mass is 35.5. The zero-order chi connectivity index (χ0) is 24.6. The van der Waals surface area contributed by atoms with Gasteiger partial charge in [-0.2, -0.15) is 0 Å². The van der Waals surface area contributed by atoms with Crippen LogP contribution in [0.1, 0.15) is 55.5 Å². The maximum Gasteiger partial charge on any atom is 0.227 e. The lowest BCUT2D eigenvalue weighted by Gasteiger charge is -2.29. The Kier molecular flexibility index (Phi) is 6.70. The van der Waals surface area contributed by atoms with E-state index in [-0.39, 0.29) is 12.0 Å². The third kappa shape index (κ3) is 5.28. The SMILES string of the molecule is O=C(Cc1ccc(Cl)c(Cl)c1)N(Cc1cc(-c2cn3c(n2)CCC3)ccc1OC1CCC1)CC1CC1. The zero-order valence-corrected chi connectivity index (χ0v) is 21.9. The van der Waals surface area contributed by atoms with Gasteiger partial charge in [0.25, 0.3) is 0 Å². The van der Waals surface area contributed by atoms with E-state index in [0.717, 1.165) is 66.3 Å². The summed E-state index contributed by atoms with van der Waals surface area (Å²) in [4.78, 5) is 20.4. The second kappa shape index (κ2) is 10.1. The van der Waals surface area contributed by atoms with Gasteiger partial charge in [-0.15, -0.1) is 0 Å². The quantitative estimate of drug-likeness (QED) is 0.312. The van der Waals surface area contributed by atoms with E-state index in [2.05, 4.69) is 29.0 Å². The number of benzene rings is 2. The van der Waals surface area contributed by atoms with Crippen LogP contribution in [0.5, 0.6) is 5.75 Å². The van der Waals surface area contributed by atoms with Crippen molar-refractivity contribution in [3.05, 3.63) is 69.6 Å². The fourth-order valence-electron chi connectivity index (χ4n) is 5.05. The Bertz CT molecular complexity index is 1260. The lowest BCUT2D eigenvalue weighted by Crippen LogP contribution is -2.34. The van der Waals surface area contributed by atoms with Crippen LogP contribution in [0.2, 0.25) is 10.0 Å². The van der Waals surface area contributed by atoms with Crippen molar-refractivity contribution >= 4 is 29.1 Å². The number of hydrogen-bond acceptors (Lipinski definition) is 3. The number of ether oxygens (including phenoxy) is 1. The normalized spacial score (nSPS) is 17.1. The number of rotatable bonds is 9. The highest BCUT2D eigenvalue weighted by molar-refractivity contribution is 6.42. The summed E-state index contributed by atoms with van der Waals surface area (Å²) in [7, 11) is 0. The smallest absolute Gasteiger partial charge is 0.227 e. The zero-order valence-electron chi connectivity index (χ0n) is 20.4. The lowest BCUT2D eigenvalue weighted by atomic mass is 9.96. The highest BCUT2D eigenvalue weighted by Crippen LogP contribution is 2.35. The molecule has 2 aromatic carbocycles. The molecule has 5 nitrogen and oxygen atoms in total. The van der Waals surface area contributed by atoms with E-state index >= 15 is 0 Å². The Morgan fingerprint density at radius 3 is 2.64 bits per heavy atom. The maximum absolute atomic E-state index is 13.5. The molecule has 2 fully saturated rings. The van der Waals surface area contributed by atoms with Crippen molar-refractivity contribution in [1.29, 1.82) is 0 Å². The number of carbonyl (C=O) groups excluding carboxylic acids is 1. The molecule has 0 spiro atoms. The monoisotopic (exact) mass is 523 g/mol. The molecule has 0 atom stereocenters. The topological polar surface area (TPSA) is 47.4 Å². The summed E-state index contributed by atoms with van der Waals surface area (Å²) in [6.45, 7) is 2.34. The van der Waals surface area contributed by atoms with Crippen molar-refractivity contribution in [3.8, 4) is 17.0 Å². The number of halogens is 2. The Labute approximate surface area is 222 Å². The highest BCUT2D eigenvalue weighted by Gasteiger charge is 2.28. The molecule has 0 N–H and O–H groups in total. The average molecular weight is 524 g/mol. The first-order valence-corrected chi connectivity index (χ1v) is 13.8. The molecule has 1 aromatic heterocycles. The summed E-state index contributed by atoms with van der Waals surface area (Å²) in [6.07, 6.45) is 10.7. The van der Waals surface area contributed by atoms with Gasteiger partial charge in [-0.1, -0.05) is 29.3 Å². The fraction of sp³-hybridized carbons (Fsp3) is 0.448. The number of nitrogens with zero attached hydrogens (tertiary/aromatic N) is 3. The van der Waals surface area contributed by atoms with Gasteiger partial charge in [0, 0.05) is 43.4 Å². The van der Waals surface area contributed by atoms with Crippen LogP contribution in [0, 0.1) is 5.92 Å². The molecule has 1 amide bonds. The predicted molar refractivity (Wildman–Crippen MR) is 143 cm³/mol. The largest absolute Gasteiger partial charge is 0.490 e. The molecular weight excluding hydrogens is 493 g/mol. The molecule has 6 rings (SSSR count). The van der Waals surface area contributed by atoms with Crippen LogP contribution < -0.4 is 4.74 Å². The van der Waals surface area contributed by atoms with E-state index in [4.69, 9.17) is 32.9 Å². The first kappa shape index (κ1) is 23.9. The van der Waals surface area contributed by atoms with E-state index in [1.165, 1.54) is 25.7 Å². The van der Waals surface area contributed by atoms with Crippen LogP contribution in [0.4, 0.5) is 0 Å². The molecule has 2 saturated carbocycles. The van der Waals surface area contributed by atoms with Gasteiger partial charge in [0.2, 0.25) is 5.91 Å². The molecule has 3 aliphatic rings. The third-order valence-corrected chi connectivity index (χ3v) is 8.33. The fourth-order valence-corrected chi connectivity index (χ4v) is 5.37. The molecule has 0 radical (unpaired) electrons. The molecule has 0 bridgehead atoms. The number of aromatic nitrogens is 2. The summed E-state index contributed by atoms with van der Waals surface area (Å²) >= 11 is 12.3. The summed E-state index contributed by atoms with van der Waals surface area (Å²) in [5, 5.41) is 0.981. The molecule has 1 aliphatic heterocycles. The van der Waals surface area contributed by atoms with Crippen LogP contribution in [0.25, 0.3) is 11.3 Å². The Morgan fingerprint density at radius 1 is 1.06 bits per heavy atom. The van der Waals surface area contributed by atoms with Crippen molar-refractivity contribution in [1.82, 2.24) is 14.5 Å². The number of amides is 1. The lowest BCUT2D eigenvalue weighted by molar-refractivity contribution is -0.131. The summed E-state index contributed by atoms with van der Waals surface area (Å²) < 4.78 is 8.64. The summed E-state index contributed by atoms with van der Waals surface area (Å²) in [6, 6.07) is 11.8. The van der Waals surface area contributed by atoms with Crippen LogP contribution in [0.15, 0.2) is 42.6 Å². The van der Waals surface area contributed by atoms with Gasteiger partial charge in [0.05, 0.1) is 28.3 Å². The maximum atomic E-state index is 13.5. The third-order valence-electron chi connectivity index (χ3n) is 7.59. The van der Waals surface area contributed by atoms with Gasteiger partial charge >= 0.3 is 0 Å². The molecule has 0 unspecified atom stereocenters. The van der Waals surface area contributed by atoms with Gasteiger partial charge in [0.15, 0.2) is 0 Å². The van der Waals surface area contributed by atoms with E-state index in [1.807, 2.05) is 11.0 Å². The van der Waals surface area contributed by atoms with E-state index in [0.29, 0.717) is 28.9 Å². The summed E-state index contributed by atoms with van der Waals surface area (Å²) in [5.41, 5.74) is 4.01. The van der Waals surface area contributed by atoms with Crippen molar-refractivity contribution in [2.75, 3.05) is 6.54 Å². The molecule has 3 aromatic rings. The van der Waals surface area contributed by atoms with Crippen molar-refractivity contribution in [2.24, 2.45) is 5.92 Å². The van der Waals surface area contributed by atoms with E-state index < -0.39 is 0 Å². The number of aryl methyl sites for hydroxylation is 2. The number of fused-ring (bicyclic) bond motifs is 1. The minimum Gasteiger partial charge on any atom is -0.490 e. The van der Waals surface area contributed by atoms with Crippen LogP contribution in [0.3, 0.4) is 0 Å². The van der Waals surface area contributed by atoms with Crippen molar-refractivity contribution in [2.45, 2.75) is 70.6 Å². The number of carbonyl (C=O) groups is 1. The molecule has 2 heterocycles. The Hall–Kier alpha value is -2.50. The minimum absolute atomic E-state index is 0.0984. The van der Waals surface area contributed by atoms with E-state index in [1.54, 1.807) is 12.1 Å². The molecule has 7 heteroatoms. The van der Waals surface area contributed by atoms with Gasteiger partial charge in [-0.05, 0) is 80.3 Å². The van der Waals surface area contributed by atoms with Crippen molar-refractivity contribution < 1.29 is 9.53 Å². The second-order valence-corrected chi connectivity index (χ2v) is 11.3. The van der Waals surface area contributed by atoms with Crippen molar-refractivity contribution in [3.63, 3.8) is 0 Å². The first-order valence-electron chi connectivity index (χ1n) is 13.1. The van der Waals surface area contributed by atoms with E-state index in [9.17, 15) is 4.79 Å². The predicted octanol–water partition coefficient (Wildman–Crippen LogP) is 6.72. The van der Waals surface area contributed by atoms with Crippen LogP contribution in [-0.2, 0) is 30.7 Å². The van der Waals surface area contributed by atoms with Gasteiger partial charge in [0.1, 0.15) is 11.6 Å². The average Bonchev–Trinajstić information content (AvgIpc) is 3.39.